The first-order valence-electron chi connectivity index (χ1n) is 8.03. The monoisotopic (exact) mass is 361 g/mol. The Bertz CT molecular complexity index is 868. The second-order valence-electron chi connectivity index (χ2n) is 6.24. The lowest BCUT2D eigenvalue weighted by atomic mass is 10.0. The zero-order valence-corrected chi connectivity index (χ0v) is 14.7. The molecule has 1 saturated carbocycles. The third kappa shape index (κ3) is 2.94. The van der Waals surface area contributed by atoms with Gasteiger partial charge in [0.1, 0.15) is 5.82 Å². The van der Waals surface area contributed by atoms with Crippen LogP contribution in [0.2, 0.25) is 10.0 Å². The quantitative estimate of drug-likeness (QED) is 0.725. The van der Waals surface area contributed by atoms with Gasteiger partial charge in [-0.1, -0.05) is 36.2 Å². The minimum atomic E-state index is 0.160. The molecule has 0 aliphatic heterocycles. The lowest BCUT2D eigenvalue weighted by Gasteiger charge is -2.16. The number of fused-ring (bicyclic) bond motifs is 1. The Balaban J connectivity index is 1.53. The van der Waals surface area contributed by atoms with Gasteiger partial charge in [-0.2, -0.15) is 4.52 Å². The Morgan fingerprint density at radius 2 is 1.92 bits per heavy atom. The fourth-order valence-electron chi connectivity index (χ4n) is 2.84. The molecule has 1 aromatic carbocycles. The average Bonchev–Trinajstić information content (AvgIpc) is 3.32. The summed E-state index contributed by atoms with van der Waals surface area (Å²) in [5, 5.41) is 17.8. The summed E-state index contributed by atoms with van der Waals surface area (Å²) in [7, 11) is 0. The van der Waals surface area contributed by atoms with Gasteiger partial charge in [-0.25, -0.2) is 0 Å². The summed E-state index contributed by atoms with van der Waals surface area (Å²) in [5.41, 5.74) is 1.74. The number of rotatable bonds is 5. The van der Waals surface area contributed by atoms with Crippen LogP contribution >= 0.6 is 23.2 Å². The van der Waals surface area contributed by atoms with E-state index in [1.165, 1.54) is 12.8 Å². The molecule has 0 amide bonds. The van der Waals surface area contributed by atoms with Gasteiger partial charge in [-0.15, -0.1) is 15.3 Å². The van der Waals surface area contributed by atoms with Gasteiger partial charge in [0.2, 0.25) is 0 Å². The highest BCUT2D eigenvalue weighted by Crippen LogP contribution is 2.38. The fourth-order valence-corrected chi connectivity index (χ4v) is 3.61. The Morgan fingerprint density at radius 3 is 2.62 bits per heavy atom. The van der Waals surface area contributed by atoms with Crippen molar-refractivity contribution in [2.45, 2.75) is 31.6 Å². The van der Waals surface area contributed by atoms with Crippen LogP contribution in [-0.2, 0) is 0 Å². The Hall–Kier alpha value is -1.85. The van der Waals surface area contributed by atoms with Crippen molar-refractivity contribution in [2.24, 2.45) is 0 Å². The molecule has 0 spiro atoms. The van der Waals surface area contributed by atoms with Crippen molar-refractivity contribution < 1.29 is 0 Å². The molecule has 2 aromatic heterocycles. The number of benzene rings is 1. The van der Waals surface area contributed by atoms with Crippen LogP contribution in [0.4, 0.5) is 5.82 Å². The van der Waals surface area contributed by atoms with Crippen LogP contribution < -0.4 is 5.32 Å². The third-order valence-electron chi connectivity index (χ3n) is 4.31. The summed E-state index contributed by atoms with van der Waals surface area (Å²) < 4.78 is 1.84. The molecule has 1 aliphatic carbocycles. The molecular weight excluding hydrogens is 345 g/mol. The minimum absolute atomic E-state index is 0.160. The molecule has 1 N–H and O–H groups in total. The Labute approximate surface area is 150 Å². The number of halogens is 2. The molecule has 0 radical (unpaired) electrons. The highest BCUT2D eigenvalue weighted by Gasteiger charge is 2.29. The van der Waals surface area contributed by atoms with E-state index in [1.807, 2.05) is 34.8 Å². The first-order chi connectivity index (χ1) is 11.6. The van der Waals surface area contributed by atoms with Gasteiger partial charge in [-0.05, 0) is 42.7 Å². The summed E-state index contributed by atoms with van der Waals surface area (Å²) in [4.78, 5) is 0. The van der Waals surface area contributed by atoms with Crippen LogP contribution in [-0.4, -0.2) is 26.4 Å². The summed E-state index contributed by atoms with van der Waals surface area (Å²) in [6.45, 7) is 2.77. The highest BCUT2D eigenvalue weighted by molar-refractivity contribution is 6.36. The van der Waals surface area contributed by atoms with Gasteiger partial charge in [0, 0.05) is 28.4 Å². The second kappa shape index (κ2) is 6.22. The van der Waals surface area contributed by atoms with Crippen molar-refractivity contribution in [3.8, 4) is 0 Å². The SMILES string of the molecule is CC(CNc1ccc2nnc(C3CC3)n2n1)c1c(Cl)cccc1Cl. The van der Waals surface area contributed by atoms with Crippen LogP contribution in [0.15, 0.2) is 30.3 Å². The second-order valence-corrected chi connectivity index (χ2v) is 7.05. The molecule has 2 heterocycles. The van der Waals surface area contributed by atoms with Crippen molar-refractivity contribution in [3.05, 3.63) is 51.8 Å². The molecule has 124 valence electrons. The molecule has 7 heteroatoms. The van der Waals surface area contributed by atoms with Crippen molar-refractivity contribution in [1.82, 2.24) is 19.8 Å². The lowest BCUT2D eigenvalue weighted by Crippen LogP contribution is -2.13. The molecule has 1 aliphatic rings. The summed E-state index contributed by atoms with van der Waals surface area (Å²) in [6, 6.07) is 9.43. The van der Waals surface area contributed by atoms with Crippen molar-refractivity contribution in [2.75, 3.05) is 11.9 Å². The summed E-state index contributed by atoms with van der Waals surface area (Å²) in [6.07, 6.45) is 2.34. The van der Waals surface area contributed by atoms with E-state index in [0.717, 1.165) is 22.9 Å². The lowest BCUT2D eigenvalue weighted by molar-refractivity contribution is 0.782. The first kappa shape index (κ1) is 15.7. The predicted molar refractivity (Wildman–Crippen MR) is 96.1 cm³/mol. The standard InChI is InChI=1S/C17H17Cl2N5/c1-10(16-12(18)3-2-4-13(16)19)9-20-14-7-8-15-21-22-17(11-5-6-11)24(15)23-14/h2-4,7-8,10-11H,5-6,9H2,1H3,(H,20,23). The van der Waals surface area contributed by atoms with Gasteiger partial charge >= 0.3 is 0 Å². The maximum absolute atomic E-state index is 6.28. The molecule has 1 fully saturated rings. The van der Waals surface area contributed by atoms with Crippen molar-refractivity contribution in [3.63, 3.8) is 0 Å². The van der Waals surface area contributed by atoms with Crippen LogP contribution in [0, 0.1) is 0 Å². The molecule has 1 unspecified atom stereocenters. The van der Waals surface area contributed by atoms with E-state index < -0.39 is 0 Å². The van der Waals surface area contributed by atoms with E-state index in [0.29, 0.717) is 22.5 Å². The van der Waals surface area contributed by atoms with Gasteiger partial charge < -0.3 is 5.32 Å². The van der Waals surface area contributed by atoms with E-state index in [9.17, 15) is 0 Å². The zero-order valence-electron chi connectivity index (χ0n) is 13.2. The van der Waals surface area contributed by atoms with Crippen molar-refractivity contribution in [1.29, 1.82) is 0 Å². The molecule has 4 rings (SSSR count). The largest absolute Gasteiger partial charge is 0.368 e. The molecule has 0 bridgehead atoms. The number of hydrogen-bond donors (Lipinski definition) is 1. The number of hydrogen-bond acceptors (Lipinski definition) is 4. The van der Waals surface area contributed by atoms with E-state index in [2.05, 4.69) is 27.5 Å². The zero-order chi connectivity index (χ0) is 16.7. The van der Waals surface area contributed by atoms with E-state index in [4.69, 9.17) is 23.2 Å². The van der Waals surface area contributed by atoms with Gasteiger partial charge in [0.25, 0.3) is 0 Å². The topological polar surface area (TPSA) is 55.1 Å². The molecule has 1 atom stereocenters. The summed E-state index contributed by atoms with van der Waals surface area (Å²) >= 11 is 12.6. The van der Waals surface area contributed by atoms with Gasteiger partial charge in [-0.3, -0.25) is 0 Å². The minimum Gasteiger partial charge on any atom is -0.368 e. The summed E-state index contributed by atoms with van der Waals surface area (Å²) in [5.74, 6) is 2.41. The molecular formula is C17H17Cl2N5. The number of anilines is 1. The number of aromatic nitrogens is 4. The highest BCUT2D eigenvalue weighted by atomic mass is 35.5. The number of nitrogens with zero attached hydrogens (tertiary/aromatic N) is 4. The molecule has 3 aromatic rings. The van der Waals surface area contributed by atoms with E-state index in [1.54, 1.807) is 0 Å². The van der Waals surface area contributed by atoms with E-state index >= 15 is 0 Å². The normalized spacial score (nSPS) is 15.6. The van der Waals surface area contributed by atoms with Gasteiger partial charge in [0.05, 0.1) is 0 Å². The third-order valence-corrected chi connectivity index (χ3v) is 4.97. The Morgan fingerprint density at radius 1 is 1.17 bits per heavy atom. The molecule has 5 nitrogen and oxygen atoms in total. The fraction of sp³-hybridized carbons (Fsp3) is 0.353. The maximum atomic E-state index is 6.28. The maximum Gasteiger partial charge on any atom is 0.178 e. The van der Waals surface area contributed by atoms with Gasteiger partial charge in [0.15, 0.2) is 11.5 Å². The average molecular weight is 362 g/mol. The predicted octanol–water partition coefficient (Wildman–Crippen LogP) is 4.52. The first-order valence-corrected chi connectivity index (χ1v) is 8.79. The van der Waals surface area contributed by atoms with Crippen molar-refractivity contribution >= 4 is 34.7 Å². The molecule has 24 heavy (non-hydrogen) atoms. The van der Waals surface area contributed by atoms with Crippen LogP contribution in [0.5, 0.6) is 0 Å². The van der Waals surface area contributed by atoms with Crippen LogP contribution in [0.3, 0.4) is 0 Å². The smallest absolute Gasteiger partial charge is 0.178 e. The Kier molecular flexibility index (Phi) is 4.06. The van der Waals surface area contributed by atoms with E-state index in [-0.39, 0.29) is 5.92 Å². The van der Waals surface area contributed by atoms with Crippen LogP contribution in [0.1, 0.15) is 43.0 Å². The number of nitrogens with one attached hydrogen (secondary N) is 1. The van der Waals surface area contributed by atoms with Crippen LogP contribution in [0.25, 0.3) is 5.65 Å². The molecule has 0 saturated heterocycles.